The van der Waals surface area contributed by atoms with E-state index < -0.39 is 0 Å². The van der Waals surface area contributed by atoms with Gasteiger partial charge in [0.2, 0.25) is 0 Å². The third-order valence-corrected chi connectivity index (χ3v) is 2.38. The van der Waals surface area contributed by atoms with Crippen LogP contribution in [0.2, 0.25) is 0 Å². The molecule has 0 rings (SSSR count). The summed E-state index contributed by atoms with van der Waals surface area (Å²) in [5.41, 5.74) is 5.55. The van der Waals surface area contributed by atoms with Crippen molar-refractivity contribution in [1.82, 2.24) is 9.80 Å². The van der Waals surface area contributed by atoms with Crippen molar-refractivity contribution in [2.45, 2.75) is 26.7 Å². The Morgan fingerprint density at radius 1 is 1.00 bits per heavy atom. The zero-order chi connectivity index (χ0) is 11.7. The lowest BCUT2D eigenvalue weighted by atomic mass is 10.2. The summed E-state index contributed by atoms with van der Waals surface area (Å²) in [6.45, 7) is 10.1. The molecule has 0 fully saturated rings. The molecule has 0 spiro atoms. The topological polar surface area (TPSA) is 32.5 Å². The lowest BCUT2D eigenvalue weighted by Gasteiger charge is -2.24. The Hall–Kier alpha value is -0.120. The molecule has 3 nitrogen and oxygen atoms in total. The third kappa shape index (κ3) is 10.2. The number of nitrogens with zero attached hydrogens (tertiary/aromatic N) is 2. The van der Waals surface area contributed by atoms with Gasteiger partial charge in [-0.15, -0.1) is 0 Å². The summed E-state index contributed by atoms with van der Waals surface area (Å²) < 4.78 is 0. The van der Waals surface area contributed by atoms with Crippen molar-refractivity contribution in [1.29, 1.82) is 0 Å². The fourth-order valence-electron chi connectivity index (χ4n) is 1.74. The van der Waals surface area contributed by atoms with E-state index in [0.29, 0.717) is 0 Å². The van der Waals surface area contributed by atoms with E-state index >= 15 is 0 Å². The second kappa shape index (κ2) is 9.13. The first kappa shape index (κ1) is 14.9. The van der Waals surface area contributed by atoms with Crippen LogP contribution >= 0.6 is 0 Å². The van der Waals surface area contributed by atoms with Gasteiger partial charge >= 0.3 is 0 Å². The van der Waals surface area contributed by atoms with Gasteiger partial charge in [-0.05, 0) is 59.0 Å². The highest BCUT2D eigenvalue weighted by molar-refractivity contribution is 4.61. The van der Waals surface area contributed by atoms with Crippen LogP contribution in [0.5, 0.6) is 0 Å². The molecule has 0 saturated carbocycles. The summed E-state index contributed by atoms with van der Waals surface area (Å²) in [6, 6.07) is 0. The standard InChI is InChI=1S/C12H29N3/c1-12(2)11-15(9-5-7-13)10-6-8-14(3)4/h12H,5-11,13H2,1-4H3. The Morgan fingerprint density at radius 3 is 2.07 bits per heavy atom. The molecule has 0 amide bonds. The van der Waals surface area contributed by atoms with Crippen LogP contribution in [0.4, 0.5) is 0 Å². The van der Waals surface area contributed by atoms with E-state index in [9.17, 15) is 0 Å². The van der Waals surface area contributed by atoms with Gasteiger partial charge < -0.3 is 15.5 Å². The molecular formula is C12H29N3. The van der Waals surface area contributed by atoms with Crippen LogP contribution in [0.3, 0.4) is 0 Å². The van der Waals surface area contributed by atoms with Crippen LogP contribution < -0.4 is 5.73 Å². The van der Waals surface area contributed by atoms with Crippen LogP contribution in [0.15, 0.2) is 0 Å². The molecular weight excluding hydrogens is 186 g/mol. The minimum Gasteiger partial charge on any atom is -0.330 e. The molecule has 0 radical (unpaired) electrons. The van der Waals surface area contributed by atoms with Gasteiger partial charge in [0.05, 0.1) is 0 Å². The number of hydrogen-bond donors (Lipinski definition) is 1. The Balaban J connectivity index is 3.69. The van der Waals surface area contributed by atoms with E-state index in [1.54, 1.807) is 0 Å². The Bertz CT molecular complexity index is 135. The molecule has 0 saturated heterocycles. The second-order valence-corrected chi connectivity index (χ2v) is 4.99. The fraction of sp³-hybridized carbons (Fsp3) is 1.00. The highest BCUT2D eigenvalue weighted by atomic mass is 15.1. The first-order valence-corrected chi connectivity index (χ1v) is 6.13. The van der Waals surface area contributed by atoms with E-state index in [1.165, 1.54) is 26.1 Å². The highest BCUT2D eigenvalue weighted by Gasteiger charge is 2.06. The molecule has 0 aliphatic rings. The molecule has 0 bridgehead atoms. The van der Waals surface area contributed by atoms with Crippen LogP contribution in [-0.2, 0) is 0 Å². The van der Waals surface area contributed by atoms with Crippen LogP contribution in [0.1, 0.15) is 26.7 Å². The van der Waals surface area contributed by atoms with Gasteiger partial charge in [0.1, 0.15) is 0 Å². The van der Waals surface area contributed by atoms with E-state index in [1.807, 2.05) is 0 Å². The van der Waals surface area contributed by atoms with E-state index in [0.717, 1.165) is 25.4 Å². The Morgan fingerprint density at radius 2 is 1.60 bits per heavy atom. The Kier molecular flexibility index (Phi) is 9.06. The van der Waals surface area contributed by atoms with Crippen molar-refractivity contribution in [3.05, 3.63) is 0 Å². The summed E-state index contributed by atoms with van der Waals surface area (Å²) in [7, 11) is 4.26. The second-order valence-electron chi connectivity index (χ2n) is 4.99. The van der Waals surface area contributed by atoms with Gasteiger partial charge in [-0.25, -0.2) is 0 Å². The smallest absolute Gasteiger partial charge is 0.000440 e. The monoisotopic (exact) mass is 215 g/mol. The molecule has 0 atom stereocenters. The zero-order valence-electron chi connectivity index (χ0n) is 11.0. The average Bonchev–Trinajstić information content (AvgIpc) is 2.12. The Labute approximate surface area is 95.6 Å². The maximum atomic E-state index is 5.55. The first-order chi connectivity index (χ1) is 7.06. The van der Waals surface area contributed by atoms with Crippen molar-refractivity contribution in [3.63, 3.8) is 0 Å². The van der Waals surface area contributed by atoms with Crippen molar-refractivity contribution in [2.24, 2.45) is 11.7 Å². The van der Waals surface area contributed by atoms with Gasteiger partial charge in [0.15, 0.2) is 0 Å². The lowest BCUT2D eigenvalue weighted by Crippen LogP contribution is -2.32. The van der Waals surface area contributed by atoms with Gasteiger partial charge in [0.25, 0.3) is 0 Å². The molecule has 0 aliphatic carbocycles. The van der Waals surface area contributed by atoms with Gasteiger partial charge in [-0.1, -0.05) is 13.8 Å². The van der Waals surface area contributed by atoms with E-state index in [4.69, 9.17) is 5.73 Å². The predicted molar refractivity (Wildman–Crippen MR) is 68.1 cm³/mol. The largest absolute Gasteiger partial charge is 0.330 e. The van der Waals surface area contributed by atoms with Crippen LogP contribution in [0, 0.1) is 5.92 Å². The summed E-state index contributed by atoms with van der Waals surface area (Å²) in [6.07, 6.45) is 2.37. The lowest BCUT2D eigenvalue weighted by molar-refractivity contribution is 0.229. The molecule has 2 N–H and O–H groups in total. The van der Waals surface area contributed by atoms with Crippen molar-refractivity contribution in [3.8, 4) is 0 Å². The summed E-state index contributed by atoms with van der Waals surface area (Å²) in [4.78, 5) is 4.79. The number of rotatable bonds is 9. The van der Waals surface area contributed by atoms with Gasteiger partial charge in [-0.2, -0.15) is 0 Å². The molecule has 0 aromatic rings. The van der Waals surface area contributed by atoms with Crippen molar-refractivity contribution < 1.29 is 0 Å². The minimum absolute atomic E-state index is 0.752. The van der Waals surface area contributed by atoms with Crippen molar-refractivity contribution in [2.75, 3.05) is 46.8 Å². The van der Waals surface area contributed by atoms with Gasteiger partial charge in [0, 0.05) is 6.54 Å². The quantitative estimate of drug-likeness (QED) is 0.628. The fourth-order valence-corrected chi connectivity index (χ4v) is 1.74. The third-order valence-electron chi connectivity index (χ3n) is 2.38. The summed E-state index contributed by atoms with van der Waals surface area (Å²) in [5.74, 6) is 0.752. The maximum absolute atomic E-state index is 5.55. The molecule has 0 aliphatic heterocycles. The summed E-state index contributed by atoms with van der Waals surface area (Å²) >= 11 is 0. The highest BCUT2D eigenvalue weighted by Crippen LogP contribution is 2.01. The minimum atomic E-state index is 0.752. The molecule has 3 heteroatoms. The zero-order valence-corrected chi connectivity index (χ0v) is 11.0. The molecule has 0 unspecified atom stereocenters. The SMILES string of the molecule is CC(C)CN(CCCN)CCCN(C)C. The summed E-state index contributed by atoms with van der Waals surface area (Å²) in [5, 5.41) is 0. The van der Waals surface area contributed by atoms with E-state index in [2.05, 4.69) is 37.7 Å². The maximum Gasteiger partial charge on any atom is 0.000440 e. The normalized spacial score (nSPS) is 12.0. The number of hydrogen-bond acceptors (Lipinski definition) is 3. The van der Waals surface area contributed by atoms with Gasteiger partial charge in [-0.3, -0.25) is 0 Å². The molecule has 0 aromatic heterocycles. The number of nitrogens with two attached hydrogens (primary N) is 1. The van der Waals surface area contributed by atoms with Crippen LogP contribution in [0.25, 0.3) is 0 Å². The van der Waals surface area contributed by atoms with E-state index in [-0.39, 0.29) is 0 Å². The van der Waals surface area contributed by atoms with Crippen LogP contribution in [-0.4, -0.2) is 56.6 Å². The predicted octanol–water partition coefficient (Wildman–Crippen LogP) is 1.24. The average molecular weight is 215 g/mol. The molecule has 0 heterocycles. The van der Waals surface area contributed by atoms with Crippen molar-refractivity contribution >= 4 is 0 Å². The first-order valence-electron chi connectivity index (χ1n) is 6.13. The molecule has 0 aromatic carbocycles. The molecule has 92 valence electrons. The molecule has 15 heavy (non-hydrogen) atoms.